The molecule has 1 aromatic heterocycles. The summed E-state index contributed by atoms with van der Waals surface area (Å²) >= 11 is 0. The maximum Gasteiger partial charge on any atom is 0.0456 e. The summed E-state index contributed by atoms with van der Waals surface area (Å²) in [6.07, 6.45) is 3.18. The number of benzene rings is 1. The molecule has 2 nitrogen and oxygen atoms in total. The Morgan fingerprint density at radius 3 is 2.62 bits per heavy atom. The van der Waals surface area contributed by atoms with Gasteiger partial charge in [-0.3, -0.25) is 0 Å². The Morgan fingerprint density at radius 2 is 1.94 bits per heavy atom. The van der Waals surface area contributed by atoms with E-state index in [9.17, 15) is 0 Å². The molecule has 0 amide bonds. The lowest BCUT2D eigenvalue weighted by Crippen LogP contribution is -2.23. The second kappa shape index (κ2) is 6.33. The lowest BCUT2D eigenvalue weighted by atomic mass is 10.1. The minimum Gasteiger partial charge on any atom is -0.361 e. The van der Waals surface area contributed by atoms with Crippen molar-refractivity contribution in [1.82, 2.24) is 10.3 Å². The molecule has 0 bridgehead atoms. The van der Waals surface area contributed by atoms with Gasteiger partial charge >= 0.3 is 0 Å². The quantitative estimate of drug-likeness (QED) is 0.812. The van der Waals surface area contributed by atoms with Gasteiger partial charge in [0, 0.05) is 23.1 Å². The molecule has 88 valence electrons. The highest BCUT2D eigenvalue weighted by Gasteiger charge is 2.05. The van der Waals surface area contributed by atoms with E-state index < -0.39 is 0 Å². The van der Waals surface area contributed by atoms with Gasteiger partial charge in [-0.25, -0.2) is 0 Å². The van der Waals surface area contributed by atoms with Gasteiger partial charge in [-0.15, -0.1) is 0 Å². The molecular formula is C14H22N2. The fourth-order valence-electron chi connectivity index (χ4n) is 1.73. The predicted molar refractivity (Wildman–Crippen MR) is 71.9 cm³/mol. The van der Waals surface area contributed by atoms with Gasteiger partial charge in [0.2, 0.25) is 0 Å². The van der Waals surface area contributed by atoms with E-state index in [-0.39, 0.29) is 0 Å². The zero-order valence-electron chi connectivity index (χ0n) is 10.7. The molecule has 0 aliphatic rings. The number of hydrogen-bond donors (Lipinski definition) is 2. The summed E-state index contributed by atoms with van der Waals surface area (Å²) in [5.41, 5.74) is 2.62. The third kappa shape index (κ3) is 2.86. The third-order valence-corrected chi connectivity index (χ3v) is 2.69. The van der Waals surface area contributed by atoms with Crippen molar-refractivity contribution < 1.29 is 0 Å². The SMILES string of the molecule is CC.CNC(C)Cc1c[nH]c2ccccc12. The molecular weight excluding hydrogens is 196 g/mol. The number of rotatable bonds is 3. The van der Waals surface area contributed by atoms with Crippen molar-refractivity contribution in [3.8, 4) is 0 Å². The predicted octanol–water partition coefficient (Wildman–Crippen LogP) is 3.34. The normalized spacial score (nSPS) is 12.0. The molecule has 2 N–H and O–H groups in total. The number of likely N-dealkylation sites (N-methyl/N-ethyl adjacent to an activating group) is 1. The third-order valence-electron chi connectivity index (χ3n) is 2.69. The maximum absolute atomic E-state index is 3.29. The van der Waals surface area contributed by atoms with Crippen LogP contribution in [0.1, 0.15) is 26.3 Å². The number of nitrogens with one attached hydrogen (secondary N) is 2. The standard InChI is InChI=1S/C12H16N2.C2H6/c1-9(13-2)7-10-8-14-12-6-4-3-5-11(10)12;1-2/h3-6,8-9,13-14H,7H2,1-2H3;1-2H3. The van der Waals surface area contributed by atoms with E-state index in [0.29, 0.717) is 6.04 Å². The van der Waals surface area contributed by atoms with Gasteiger partial charge in [0.05, 0.1) is 0 Å². The molecule has 1 unspecified atom stereocenters. The van der Waals surface area contributed by atoms with Gasteiger partial charge in [0.25, 0.3) is 0 Å². The number of H-pyrrole nitrogens is 1. The van der Waals surface area contributed by atoms with Crippen LogP contribution in [-0.4, -0.2) is 18.1 Å². The molecule has 1 atom stereocenters. The average Bonchev–Trinajstić information content (AvgIpc) is 2.75. The van der Waals surface area contributed by atoms with Crippen molar-refractivity contribution in [3.05, 3.63) is 36.0 Å². The summed E-state index contributed by atoms with van der Waals surface area (Å²) in [6, 6.07) is 8.95. The van der Waals surface area contributed by atoms with Crippen LogP contribution >= 0.6 is 0 Å². The Balaban J connectivity index is 0.000000606. The number of aromatic nitrogens is 1. The van der Waals surface area contributed by atoms with Gasteiger partial charge < -0.3 is 10.3 Å². The monoisotopic (exact) mass is 218 g/mol. The first kappa shape index (κ1) is 12.8. The summed E-state index contributed by atoms with van der Waals surface area (Å²) in [5.74, 6) is 0. The van der Waals surface area contributed by atoms with E-state index in [0.717, 1.165) is 6.42 Å². The molecule has 0 fully saturated rings. The van der Waals surface area contributed by atoms with Gasteiger partial charge in [-0.05, 0) is 32.0 Å². The molecule has 1 heterocycles. The summed E-state index contributed by atoms with van der Waals surface area (Å²) in [7, 11) is 2.00. The van der Waals surface area contributed by atoms with Gasteiger partial charge in [0.15, 0.2) is 0 Å². The molecule has 0 aliphatic heterocycles. The van der Waals surface area contributed by atoms with Crippen molar-refractivity contribution in [3.63, 3.8) is 0 Å². The van der Waals surface area contributed by atoms with Crippen molar-refractivity contribution >= 4 is 10.9 Å². The highest BCUT2D eigenvalue weighted by molar-refractivity contribution is 5.83. The lowest BCUT2D eigenvalue weighted by molar-refractivity contribution is 0.610. The Bertz CT molecular complexity index is 417. The van der Waals surface area contributed by atoms with Crippen LogP contribution in [-0.2, 0) is 6.42 Å². The largest absolute Gasteiger partial charge is 0.361 e. The molecule has 2 heteroatoms. The number of para-hydroxylation sites is 1. The van der Waals surface area contributed by atoms with Crippen LogP contribution in [0.5, 0.6) is 0 Å². The van der Waals surface area contributed by atoms with Gasteiger partial charge in [-0.1, -0.05) is 32.0 Å². The van der Waals surface area contributed by atoms with Crippen LogP contribution in [0.15, 0.2) is 30.5 Å². The maximum atomic E-state index is 3.29. The lowest BCUT2D eigenvalue weighted by Gasteiger charge is -2.08. The van der Waals surface area contributed by atoms with Crippen LogP contribution in [0.3, 0.4) is 0 Å². The zero-order chi connectivity index (χ0) is 12.0. The topological polar surface area (TPSA) is 27.8 Å². The Hall–Kier alpha value is -1.28. The van der Waals surface area contributed by atoms with Crippen LogP contribution in [0.2, 0.25) is 0 Å². The fraction of sp³-hybridized carbons (Fsp3) is 0.429. The number of fused-ring (bicyclic) bond motifs is 1. The van der Waals surface area contributed by atoms with E-state index in [4.69, 9.17) is 0 Å². The number of aromatic amines is 1. The first-order valence-corrected chi connectivity index (χ1v) is 6.03. The van der Waals surface area contributed by atoms with E-state index in [2.05, 4.69) is 47.7 Å². The van der Waals surface area contributed by atoms with E-state index in [1.54, 1.807) is 0 Å². The highest BCUT2D eigenvalue weighted by Crippen LogP contribution is 2.18. The Labute approximate surface area is 98.1 Å². The van der Waals surface area contributed by atoms with Crippen molar-refractivity contribution in [2.75, 3.05) is 7.05 Å². The van der Waals surface area contributed by atoms with Crippen molar-refractivity contribution in [2.45, 2.75) is 33.2 Å². The Morgan fingerprint density at radius 1 is 1.25 bits per heavy atom. The second-order valence-corrected chi connectivity index (χ2v) is 3.75. The Kier molecular flexibility index (Phi) is 5.06. The minimum absolute atomic E-state index is 0.522. The van der Waals surface area contributed by atoms with Crippen LogP contribution < -0.4 is 5.32 Å². The van der Waals surface area contributed by atoms with E-state index in [1.807, 2.05) is 20.9 Å². The summed E-state index contributed by atoms with van der Waals surface area (Å²) in [4.78, 5) is 3.29. The second-order valence-electron chi connectivity index (χ2n) is 3.75. The molecule has 2 rings (SSSR count). The molecule has 1 aromatic carbocycles. The van der Waals surface area contributed by atoms with E-state index >= 15 is 0 Å². The summed E-state index contributed by atoms with van der Waals surface area (Å²) in [6.45, 7) is 6.20. The molecule has 0 saturated carbocycles. The van der Waals surface area contributed by atoms with Crippen LogP contribution in [0, 0.1) is 0 Å². The minimum atomic E-state index is 0.522. The highest BCUT2D eigenvalue weighted by atomic mass is 14.8. The van der Waals surface area contributed by atoms with Gasteiger partial charge in [-0.2, -0.15) is 0 Å². The zero-order valence-corrected chi connectivity index (χ0v) is 10.7. The number of hydrogen-bond acceptors (Lipinski definition) is 1. The average molecular weight is 218 g/mol. The molecule has 2 aromatic rings. The first-order valence-electron chi connectivity index (χ1n) is 6.03. The first-order chi connectivity index (χ1) is 7.81. The van der Waals surface area contributed by atoms with Gasteiger partial charge in [0.1, 0.15) is 0 Å². The van der Waals surface area contributed by atoms with E-state index in [1.165, 1.54) is 16.5 Å². The fourth-order valence-corrected chi connectivity index (χ4v) is 1.73. The van der Waals surface area contributed by atoms with Crippen molar-refractivity contribution in [1.29, 1.82) is 0 Å². The van der Waals surface area contributed by atoms with Crippen LogP contribution in [0.4, 0.5) is 0 Å². The molecule has 0 aliphatic carbocycles. The molecule has 16 heavy (non-hydrogen) atoms. The molecule has 0 saturated heterocycles. The molecule has 0 radical (unpaired) electrons. The summed E-state index contributed by atoms with van der Waals surface area (Å²) in [5, 5.41) is 4.60. The molecule has 0 spiro atoms. The summed E-state index contributed by atoms with van der Waals surface area (Å²) < 4.78 is 0. The van der Waals surface area contributed by atoms with Crippen molar-refractivity contribution in [2.24, 2.45) is 0 Å². The van der Waals surface area contributed by atoms with Crippen LogP contribution in [0.25, 0.3) is 10.9 Å². The smallest absolute Gasteiger partial charge is 0.0456 e.